The van der Waals surface area contributed by atoms with Gasteiger partial charge in [0, 0.05) is 29.0 Å². The van der Waals surface area contributed by atoms with Gasteiger partial charge in [0.15, 0.2) is 0 Å². The van der Waals surface area contributed by atoms with E-state index in [1.807, 2.05) is 60.7 Å². The zero-order chi connectivity index (χ0) is 24.6. The second kappa shape index (κ2) is 11.5. The van der Waals surface area contributed by atoms with Crippen LogP contribution in [0.15, 0.2) is 93.3 Å². The Morgan fingerprint density at radius 2 is 1.57 bits per heavy atom. The number of anilines is 1. The van der Waals surface area contributed by atoms with Crippen LogP contribution < -0.4 is 10.0 Å². The minimum Gasteiger partial charge on any atom is -0.545 e. The van der Waals surface area contributed by atoms with E-state index in [1.165, 1.54) is 11.3 Å². The molecular formula is C27H26N5O2S-. The van der Waals surface area contributed by atoms with Crippen molar-refractivity contribution >= 4 is 55.1 Å². The van der Waals surface area contributed by atoms with E-state index >= 15 is 0 Å². The number of fused-ring (bicyclic) bond motifs is 1. The summed E-state index contributed by atoms with van der Waals surface area (Å²) < 4.78 is 0.994. The van der Waals surface area contributed by atoms with Crippen molar-refractivity contribution in [2.24, 2.45) is 20.5 Å². The summed E-state index contributed by atoms with van der Waals surface area (Å²) in [6, 6.07) is 22.5. The predicted octanol–water partition coefficient (Wildman–Crippen LogP) is 7.72. The van der Waals surface area contributed by atoms with Crippen LogP contribution in [-0.4, -0.2) is 19.1 Å². The number of carboxylic acid groups (broad SMARTS) is 1. The highest BCUT2D eigenvalue weighted by atomic mass is 32.1. The molecule has 178 valence electrons. The standard InChI is InChI=1S/C27H27N5O2S/c1-3-14-32(15-4-2)22-12-13-24(23(18-22)27(33)34)30-31-26-16-19-10-11-21(17-25(19)35-26)29-28-20-8-6-5-7-9-20/h5-13,16-18H,3-4,14-15H2,1-2H3,(H,33,34)/p-1. The monoisotopic (exact) mass is 484 g/mol. The Bertz CT molecular complexity index is 1360. The van der Waals surface area contributed by atoms with Crippen molar-refractivity contribution in [3.8, 4) is 0 Å². The summed E-state index contributed by atoms with van der Waals surface area (Å²) in [6.07, 6.45) is 1.95. The average Bonchev–Trinajstić information content (AvgIpc) is 3.29. The first-order valence-corrected chi connectivity index (χ1v) is 12.4. The van der Waals surface area contributed by atoms with Crippen molar-refractivity contribution < 1.29 is 9.90 Å². The molecule has 0 saturated carbocycles. The molecule has 0 spiro atoms. The summed E-state index contributed by atoms with van der Waals surface area (Å²) in [5.41, 5.74) is 2.69. The number of aromatic carboxylic acids is 1. The van der Waals surface area contributed by atoms with Crippen LogP contribution in [-0.2, 0) is 0 Å². The second-order valence-electron chi connectivity index (χ2n) is 8.02. The molecule has 0 radical (unpaired) electrons. The summed E-state index contributed by atoms with van der Waals surface area (Å²) in [7, 11) is 0. The number of rotatable bonds is 10. The Morgan fingerprint density at radius 1 is 0.829 bits per heavy atom. The van der Waals surface area contributed by atoms with Crippen LogP contribution in [0.4, 0.5) is 27.8 Å². The maximum atomic E-state index is 11.8. The van der Waals surface area contributed by atoms with Crippen molar-refractivity contribution in [3.05, 3.63) is 78.4 Å². The summed E-state index contributed by atoms with van der Waals surface area (Å²) in [6.45, 7) is 5.92. The fourth-order valence-corrected chi connectivity index (χ4v) is 4.63. The van der Waals surface area contributed by atoms with Gasteiger partial charge in [0.2, 0.25) is 0 Å². The second-order valence-corrected chi connectivity index (χ2v) is 9.08. The minimum absolute atomic E-state index is 0.0353. The van der Waals surface area contributed by atoms with Gasteiger partial charge >= 0.3 is 0 Å². The van der Waals surface area contributed by atoms with E-state index in [9.17, 15) is 9.90 Å². The summed E-state index contributed by atoms with van der Waals surface area (Å²) in [5.74, 6) is -1.27. The summed E-state index contributed by atoms with van der Waals surface area (Å²) in [5, 5.41) is 30.6. The van der Waals surface area contributed by atoms with Gasteiger partial charge in [0.25, 0.3) is 0 Å². The molecule has 7 nitrogen and oxygen atoms in total. The van der Waals surface area contributed by atoms with Crippen LogP contribution in [0.25, 0.3) is 10.1 Å². The number of nitrogens with zero attached hydrogens (tertiary/aromatic N) is 5. The van der Waals surface area contributed by atoms with E-state index in [1.54, 1.807) is 12.1 Å². The summed E-state index contributed by atoms with van der Waals surface area (Å²) in [4.78, 5) is 14.0. The average molecular weight is 485 g/mol. The van der Waals surface area contributed by atoms with Crippen LogP contribution in [0, 0.1) is 0 Å². The highest BCUT2D eigenvalue weighted by Crippen LogP contribution is 2.36. The zero-order valence-electron chi connectivity index (χ0n) is 19.7. The van der Waals surface area contributed by atoms with Crippen molar-refractivity contribution in [2.45, 2.75) is 26.7 Å². The molecule has 0 N–H and O–H groups in total. The highest BCUT2D eigenvalue weighted by molar-refractivity contribution is 7.22. The number of benzene rings is 3. The lowest BCUT2D eigenvalue weighted by Gasteiger charge is -2.24. The van der Waals surface area contributed by atoms with Gasteiger partial charge in [-0.1, -0.05) is 38.1 Å². The topological polar surface area (TPSA) is 92.8 Å². The Balaban J connectivity index is 1.56. The van der Waals surface area contributed by atoms with Crippen LogP contribution in [0.5, 0.6) is 0 Å². The molecule has 4 rings (SSSR count). The first-order valence-electron chi connectivity index (χ1n) is 11.6. The van der Waals surface area contributed by atoms with Gasteiger partial charge < -0.3 is 14.8 Å². The van der Waals surface area contributed by atoms with E-state index in [4.69, 9.17) is 0 Å². The third-order valence-corrected chi connectivity index (χ3v) is 6.32. The molecule has 0 aliphatic carbocycles. The van der Waals surface area contributed by atoms with Crippen LogP contribution in [0.2, 0.25) is 0 Å². The van der Waals surface area contributed by atoms with Gasteiger partial charge in [-0.3, -0.25) is 0 Å². The maximum absolute atomic E-state index is 11.8. The zero-order valence-corrected chi connectivity index (χ0v) is 20.5. The highest BCUT2D eigenvalue weighted by Gasteiger charge is 2.10. The van der Waals surface area contributed by atoms with E-state index in [0.717, 1.165) is 53.1 Å². The van der Waals surface area contributed by atoms with Crippen molar-refractivity contribution in [3.63, 3.8) is 0 Å². The molecule has 4 aromatic rings. The lowest BCUT2D eigenvalue weighted by atomic mass is 10.1. The molecule has 8 heteroatoms. The number of carbonyl (C=O) groups excluding carboxylic acids is 1. The van der Waals surface area contributed by atoms with E-state index < -0.39 is 5.97 Å². The van der Waals surface area contributed by atoms with E-state index in [-0.39, 0.29) is 11.3 Å². The lowest BCUT2D eigenvalue weighted by Crippen LogP contribution is -2.26. The Morgan fingerprint density at radius 3 is 2.29 bits per heavy atom. The fourth-order valence-electron chi connectivity index (χ4n) is 3.71. The number of carboxylic acids is 1. The molecule has 1 aromatic heterocycles. The third kappa shape index (κ3) is 6.16. The number of carbonyl (C=O) groups is 1. The van der Waals surface area contributed by atoms with Crippen LogP contribution in [0.1, 0.15) is 37.0 Å². The molecular weight excluding hydrogens is 458 g/mol. The first-order chi connectivity index (χ1) is 17.1. The van der Waals surface area contributed by atoms with Gasteiger partial charge in [-0.05, 0) is 66.8 Å². The lowest BCUT2D eigenvalue weighted by molar-refractivity contribution is -0.254. The largest absolute Gasteiger partial charge is 0.545 e. The Kier molecular flexibility index (Phi) is 7.95. The minimum atomic E-state index is -1.27. The van der Waals surface area contributed by atoms with Crippen molar-refractivity contribution in [1.29, 1.82) is 0 Å². The molecule has 35 heavy (non-hydrogen) atoms. The fraction of sp³-hybridized carbons (Fsp3) is 0.222. The van der Waals surface area contributed by atoms with Gasteiger partial charge in [-0.15, -0.1) is 21.6 Å². The first kappa shape index (κ1) is 24.2. The van der Waals surface area contributed by atoms with E-state index in [2.05, 4.69) is 39.2 Å². The quantitative estimate of drug-likeness (QED) is 0.216. The smallest absolute Gasteiger partial charge is 0.139 e. The molecule has 1 heterocycles. The number of azo groups is 2. The molecule has 0 atom stereocenters. The van der Waals surface area contributed by atoms with Crippen molar-refractivity contribution in [1.82, 2.24) is 0 Å². The van der Waals surface area contributed by atoms with Gasteiger partial charge in [0.1, 0.15) is 5.00 Å². The summed E-state index contributed by atoms with van der Waals surface area (Å²) >= 11 is 1.45. The molecule has 0 aliphatic heterocycles. The molecule has 0 amide bonds. The molecule has 0 fully saturated rings. The number of thiophene rings is 1. The Labute approximate surface area is 208 Å². The molecule has 3 aromatic carbocycles. The molecule has 0 unspecified atom stereocenters. The molecule has 0 aliphatic rings. The van der Waals surface area contributed by atoms with Crippen LogP contribution in [0.3, 0.4) is 0 Å². The molecule has 0 bridgehead atoms. The third-order valence-electron chi connectivity index (χ3n) is 5.34. The van der Waals surface area contributed by atoms with E-state index in [0.29, 0.717) is 5.00 Å². The Hall–Kier alpha value is -3.91. The predicted molar refractivity (Wildman–Crippen MR) is 140 cm³/mol. The SMILES string of the molecule is CCCN(CCC)c1ccc(N=Nc2cc3ccc(N=Nc4ccccc4)cc3s2)c(C(=O)[O-])c1. The van der Waals surface area contributed by atoms with Gasteiger partial charge in [0.05, 0.1) is 23.0 Å². The van der Waals surface area contributed by atoms with Crippen LogP contribution >= 0.6 is 11.3 Å². The normalized spacial score (nSPS) is 11.6. The van der Waals surface area contributed by atoms with Crippen molar-refractivity contribution in [2.75, 3.05) is 18.0 Å². The number of hydrogen-bond acceptors (Lipinski definition) is 8. The number of hydrogen-bond donors (Lipinski definition) is 0. The molecule has 0 saturated heterocycles. The van der Waals surface area contributed by atoms with Gasteiger partial charge in [-0.2, -0.15) is 10.2 Å². The van der Waals surface area contributed by atoms with Gasteiger partial charge in [-0.25, -0.2) is 0 Å². The maximum Gasteiger partial charge on any atom is 0.139 e.